The van der Waals surface area contributed by atoms with Gasteiger partial charge in [-0.1, -0.05) is 112 Å². The fourth-order valence-corrected chi connectivity index (χ4v) is 4.82. The maximum absolute atomic E-state index is 6.27. The minimum Gasteiger partial charge on any atom is -0.417 e. The summed E-state index contributed by atoms with van der Waals surface area (Å²) in [5.41, 5.74) is 2.19. The van der Waals surface area contributed by atoms with E-state index in [1.54, 1.807) is 0 Å². The van der Waals surface area contributed by atoms with Crippen molar-refractivity contribution in [1.82, 2.24) is 0 Å². The van der Waals surface area contributed by atoms with Crippen molar-refractivity contribution in [2.45, 2.75) is 71.4 Å². The fourth-order valence-electron chi connectivity index (χ4n) is 3.76. The molecule has 37 heavy (non-hydrogen) atoms. The van der Waals surface area contributed by atoms with Gasteiger partial charge >= 0.3 is 0 Å². The molecule has 0 aliphatic rings. The standard InChI is InChI=1S/C33H48O3Si/c1-7-23-33(28-34-26-30-19-13-11-14-20-30,29-35-27-31-21-15-12-16-22-31)24-17-9-8-10-18-25-36-37(5,6)32(2,3)4/h7-17,19-22H,1,18,23-29H2,2-6H3/b10-8+,17-9+. The van der Waals surface area contributed by atoms with Gasteiger partial charge in [0.25, 0.3) is 0 Å². The number of hydrogen-bond acceptors (Lipinski definition) is 3. The SMILES string of the molecule is C=CCC(C/C=C/C=C/CCO[Si](C)(C)C(C)(C)C)(COCc1ccccc1)COCc1ccccc1. The van der Waals surface area contributed by atoms with Crippen molar-refractivity contribution in [1.29, 1.82) is 0 Å². The van der Waals surface area contributed by atoms with Crippen molar-refractivity contribution in [3.05, 3.63) is 109 Å². The molecule has 0 radical (unpaired) electrons. The number of ether oxygens (including phenoxy) is 2. The highest BCUT2D eigenvalue weighted by Crippen LogP contribution is 2.36. The Labute approximate surface area is 227 Å². The van der Waals surface area contributed by atoms with E-state index in [1.165, 1.54) is 11.1 Å². The molecule has 0 bridgehead atoms. The first-order valence-corrected chi connectivity index (χ1v) is 16.4. The lowest BCUT2D eigenvalue weighted by Crippen LogP contribution is -2.40. The average molecular weight is 521 g/mol. The van der Waals surface area contributed by atoms with Gasteiger partial charge in [-0.3, -0.25) is 0 Å². The van der Waals surface area contributed by atoms with Crippen LogP contribution < -0.4 is 0 Å². The quantitative estimate of drug-likeness (QED) is 0.0902. The van der Waals surface area contributed by atoms with Crippen LogP contribution in [0, 0.1) is 5.41 Å². The lowest BCUT2D eigenvalue weighted by atomic mass is 9.82. The number of rotatable bonds is 17. The van der Waals surface area contributed by atoms with Crippen LogP contribution in [0.3, 0.4) is 0 Å². The molecule has 0 spiro atoms. The van der Waals surface area contributed by atoms with Gasteiger partial charge in [-0.25, -0.2) is 0 Å². The molecule has 4 heteroatoms. The molecule has 0 unspecified atom stereocenters. The van der Waals surface area contributed by atoms with Crippen molar-refractivity contribution in [3.8, 4) is 0 Å². The third-order valence-corrected chi connectivity index (χ3v) is 11.6. The van der Waals surface area contributed by atoms with Gasteiger partial charge in [-0.2, -0.15) is 0 Å². The largest absolute Gasteiger partial charge is 0.417 e. The molecule has 0 saturated carbocycles. The lowest BCUT2D eigenvalue weighted by molar-refractivity contribution is -0.0304. The summed E-state index contributed by atoms with van der Waals surface area (Å²) in [5, 5.41) is 0.246. The minimum atomic E-state index is -1.68. The van der Waals surface area contributed by atoms with E-state index >= 15 is 0 Å². The maximum Gasteiger partial charge on any atom is 0.191 e. The van der Waals surface area contributed by atoms with Crippen LogP contribution in [-0.2, 0) is 27.1 Å². The molecule has 0 atom stereocenters. The summed E-state index contributed by atoms with van der Waals surface area (Å²) in [6.45, 7) is 18.7. The second kappa shape index (κ2) is 15.9. The Bertz CT molecular complexity index is 897. The zero-order chi connectivity index (χ0) is 27.0. The molecule has 0 saturated heterocycles. The Hall–Kier alpha value is -2.24. The number of allylic oxidation sites excluding steroid dienone is 4. The second-order valence-electron chi connectivity index (χ2n) is 11.4. The third kappa shape index (κ3) is 11.8. The Kier molecular flexibility index (Phi) is 13.3. The van der Waals surface area contributed by atoms with E-state index in [0.717, 1.165) is 25.9 Å². The molecule has 2 aromatic carbocycles. The molecule has 2 aromatic rings. The molecule has 0 N–H and O–H groups in total. The highest BCUT2D eigenvalue weighted by Gasteiger charge is 2.36. The van der Waals surface area contributed by atoms with Crippen LogP contribution in [0.1, 0.15) is 51.2 Å². The van der Waals surface area contributed by atoms with E-state index in [-0.39, 0.29) is 10.5 Å². The Balaban J connectivity index is 1.94. The van der Waals surface area contributed by atoms with Crippen molar-refractivity contribution in [2.75, 3.05) is 19.8 Å². The smallest absolute Gasteiger partial charge is 0.191 e. The molecule has 0 aliphatic heterocycles. The van der Waals surface area contributed by atoms with Crippen LogP contribution in [-0.4, -0.2) is 28.1 Å². The second-order valence-corrected chi connectivity index (χ2v) is 16.2. The highest BCUT2D eigenvalue weighted by molar-refractivity contribution is 6.74. The van der Waals surface area contributed by atoms with Crippen molar-refractivity contribution in [2.24, 2.45) is 5.41 Å². The number of hydrogen-bond donors (Lipinski definition) is 0. The lowest BCUT2D eigenvalue weighted by Gasteiger charge is -2.36. The summed E-state index contributed by atoms with van der Waals surface area (Å²) in [4.78, 5) is 0. The van der Waals surface area contributed by atoms with Crippen LogP contribution >= 0.6 is 0 Å². The Morgan fingerprint density at radius 1 is 0.757 bits per heavy atom. The molecule has 202 valence electrons. The summed E-state index contributed by atoms with van der Waals surface area (Å²) in [6, 6.07) is 20.6. The summed E-state index contributed by atoms with van der Waals surface area (Å²) >= 11 is 0. The van der Waals surface area contributed by atoms with Crippen LogP contribution in [0.15, 0.2) is 97.6 Å². The molecular weight excluding hydrogens is 472 g/mol. The predicted octanol–water partition coefficient (Wildman–Crippen LogP) is 8.90. The molecule has 0 aromatic heterocycles. The number of benzene rings is 2. The molecule has 0 fully saturated rings. The molecule has 0 amide bonds. The Morgan fingerprint density at radius 3 is 1.76 bits per heavy atom. The molecule has 2 rings (SSSR count). The zero-order valence-electron chi connectivity index (χ0n) is 23.7. The summed E-state index contributed by atoms with van der Waals surface area (Å²) in [5.74, 6) is 0. The van der Waals surface area contributed by atoms with Gasteiger partial charge in [0.15, 0.2) is 8.32 Å². The average Bonchev–Trinajstić information content (AvgIpc) is 2.86. The third-order valence-electron chi connectivity index (χ3n) is 7.10. The van der Waals surface area contributed by atoms with E-state index < -0.39 is 8.32 Å². The normalized spacial score (nSPS) is 13.0. The van der Waals surface area contributed by atoms with E-state index in [1.807, 2.05) is 42.5 Å². The molecule has 0 aliphatic carbocycles. The maximum atomic E-state index is 6.27. The van der Waals surface area contributed by atoms with Gasteiger partial charge in [0.1, 0.15) is 0 Å². The molecular formula is C33H48O3Si. The van der Waals surface area contributed by atoms with Crippen molar-refractivity contribution < 1.29 is 13.9 Å². The summed E-state index contributed by atoms with van der Waals surface area (Å²) < 4.78 is 18.7. The topological polar surface area (TPSA) is 27.7 Å². The van der Waals surface area contributed by atoms with E-state index in [9.17, 15) is 0 Å². The van der Waals surface area contributed by atoms with E-state index in [2.05, 4.69) is 89.0 Å². The van der Waals surface area contributed by atoms with Crippen LogP contribution in [0.25, 0.3) is 0 Å². The first-order valence-electron chi connectivity index (χ1n) is 13.5. The van der Waals surface area contributed by atoms with Gasteiger partial charge in [0, 0.05) is 12.0 Å². The van der Waals surface area contributed by atoms with Crippen molar-refractivity contribution in [3.63, 3.8) is 0 Å². The zero-order valence-corrected chi connectivity index (χ0v) is 24.7. The van der Waals surface area contributed by atoms with Crippen molar-refractivity contribution >= 4 is 8.32 Å². The van der Waals surface area contributed by atoms with Gasteiger partial charge in [-0.15, -0.1) is 6.58 Å². The first kappa shape index (κ1) is 31.0. The van der Waals surface area contributed by atoms with Crippen LogP contribution in [0.5, 0.6) is 0 Å². The highest BCUT2D eigenvalue weighted by atomic mass is 28.4. The molecule has 0 heterocycles. The van der Waals surface area contributed by atoms with Crippen LogP contribution in [0.4, 0.5) is 0 Å². The van der Waals surface area contributed by atoms with Crippen LogP contribution in [0.2, 0.25) is 18.1 Å². The van der Waals surface area contributed by atoms with Gasteiger partial charge in [0.2, 0.25) is 0 Å². The van der Waals surface area contributed by atoms with Gasteiger partial charge < -0.3 is 13.9 Å². The van der Waals surface area contributed by atoms with Gasteiger partial charge in [0.05, 0.1) is 26.4 Å². The van der Waals surface area contributed by atoms with E-state index in [0.29, 0.717) is 26.4 Å². The predicted molar refractivity (Wildman–Crippen MR) is 160 cm³/mol. The summed E-state index contributed by atoms with van der Waals surface area (Å²) in [7, 11) is -1.68. The summed E-state index contributed by atoms with van der Waals surface area (Å²) in [6.07, 6.45) is 13.3. The van der Waals surface area contributed by atoms with E-state index in [4.69, 9.17) is 13.9 Å². The molecule has 3 nitrogen and oxygen atoms in total. The minimum absolute atomic E-state index is 0.166. The first-order chi connectivity index (χ1) is 17.7. The monoisotopic (exact) mass is 520 g/mol. The Morgan fingerprint density at radius 2 is 1.27 bits per heavy atom. The van der Waals surface area contributed by atoms with Gasteiger partial charge in [-0.05, 0) is 48.5 Å². The fraction of sp³-hybridized carbons (Fsp3) is 0.455.